The number of rotatable bonds is 5. The fraction of sp³-hybridized carbons (Fsp3) is 0. The number of benzene rings is 10. The van der Waals surface area contributed by atoms with Crippen molar-refractivity contribution in [3.8, 4) is 55.8 Å². The van der Waals surface area contributed by atoms with Gasteiger partial charge in [0.05, 0.1) is 5.69 Å². The predicted octanol–water partition coefficient (Wildman–Crippen LogP) is 15.4. The van der Waals surface area contributed by atoms with Crippen molar-refractivity contribution < 1.29 is 0 Å². The highest BCUT2D eigenvalue weighted by molar-refractivity contribution is 6.30. The summed E-state index contributed by atoms with van der Waals surface area (Å²) in [5.41, 5.74) is 12.8. The molecule has 2 heterocycles. The number of fused-ring (bicyclic) bond motifs is 6. The molecule has 10 aromatic carbocycles. The molecule has 0 unspecified atom stereocenters. The van der Waals surface area contributed by atoms with Gasteiger partial charge in [-0.3, -0.25) is 0 Å². The van der Waals surface area contributed by atoms with Gasteiger partial charge in [0.25, 0.3) is 0 Å². The van der Waals surface area contributed by atoms with Crippen LogP contribution in [-0.2, 0) is 0 Å². The first kappa shape index (κ1) is 33.3. The predicted molar refractivity (Wildman–Crippen MR) is 250 cm³/mol. The second-order valence-electron chi connectivity index (χ2n) is 15.5. The Labute approximate surface area is 341 Å². The molecule has 12 aromatic rings. The minimum atomic E-state index is 0.932. The van der Waals surface area contributed by atoms with Crippen molar-refractivity contribution in [1.29, 1.82) is 0 Å². The molecular weight excluding hydrogens is 713 g/mol. The van der Waals surface area contributed by atoms with Crippen molar-refractivity contribution in [3.63, 3.8) is 0 Å². The smallest absolute Gasteiger partial charge is 0.137 e. The van der Waals surface area contributed by atoms with Gasteiger partial charge in [-0.15, -0.1) is 0 Å². The molecule has 0 bridgehead atoms. The first-order valence-electron chi connectivity index (χ1n) is 20.3. The van der Waals surface area contributed by atoms with Crippen LogP contribution in [0.3, 0.4) is 0 Å². The van der Waals surface area contributed by atoms with Crippen molar-refractivity contribution in [3.05, 3.63) is 219 Å². The zero-order chi connectivity index (χ0) is 38.9. The van der Waals surface area contributed by atoms with E-state index in [0.29, 0.717) is 0 Å². The van der Waals surface area contributed by atoms with E-state index in [0.717, 1.165) is 16.9 Å². The average molecular weight is 749 g/mol. The molecule has 0 spiro atoms. The van der Waals surface area contributed by atoms with Crippen LogP contribution in [0.25, 0.3) is 115 Å². The van der Waals surface area contributed by atoms with E-state index in [9.17, 15) is 0 Å². The standard InChI is InChI=1S/C57H36N2/c1-2-14-37(15-3-1)43-32-33-53-58-52(36-59(53)35-43)39-27-29-40(30-28-39)54-44-18-6-10-22-48(44)56(49-23-11-7-19-45(49)54)57-50-24-12-8-20-46(50)55(47-21-9-13-25-51(47)57)42-31-26-38-16-4-5-17-41(38)34-42/h1-36H. The van der Waals surface area contributed by atoms with Gasteiger partial charge >= 0.3 is 0 Å². The lowest BCUT2D eigenvalue weighted by molar-refractivity contribution is 1.19. The van der Waals surface area contributed by atoms with Crippen LogP contribution in [0.2, 0.25) is 0 Å². The molecular formula is C57H36N2. The lowest BCUT2D eigenvalue weighted by Crippen LogP contribution is -1.94. The molecule has 0 aliphatic rings. The molecule has 2 aromatic heterocycles. The van der Waals surface area contributed by atoms with Gasteiger partial charge in [-0.1, -0.05) is 188 Å². The monoisotopic (exact) mass is 748 g/mol. The molecule has 0 saturated heterocycles. The molecule has 2 heteroatoms. The third-order valence-corrected chi connectivity index (χ3v) is 12.2. The summed E-state index contributed by atoms with van der Waals surface area (Å²) in [6.07, 6.45) is 4.30. The topological polar surface area (TPSA) is 17.3 Å². The summed E-state index contributed by atoms with van der Waals surface area (Å²) in [5.74, 6) is 0. The van der Waals surface area contributed by atoms with Crippen LogP contribution in [0, 0.1) is 0 Å². The van der Waals surface area contributed by atoms with Gasteiger partial charge < -0.3 is 4.40 Å². The normalized spacial score (nSPS) is 11.7. The molecule has 0 fully saturated rings. The number of hydrogen-bond acceptors (Lipinski definition) is 1. The number of imidazole rings is 1. The quantitative estimate of drug-likeness (QED) is 0.160. The van der Waals surface area contributed by atoms with E-state index in [2.05, 4.69) is 223 Å². The van der Waals surface area contributed by atoms with Crippen LogP contribution in [0.5, 0.6) is 0 Å². The van der Waals surface area contributed by atoms with Gasteiger partial charge in [-0.2, -0.15) is 0 Å². The molecule has 0 atom stereocenters. The van der Waals surface area contributed by atoms with E-state index in [4.69, 9.17) is 4.98 Å². The lowest BCUT2D eigenvalue weighted by Gasteiger charge is -2.22. The Hall–Kier alpha value is -7.81. The maximum Gasteiger partial charge on any atom is 0.137 e. The van der Waals surface area contributed by atoms with Gasteiger partial charge in [0.1, 0.15) is 5.65 Å². The van der Waals surface area contributed by atoms with Crippen molar-refractivity contribution in [1.82, 2.24) is 9.38 Å². The summed E-state index contributed by atoms with van der Waals surface area (Å²) in [6.45, 7) is 0. The number of pyridine rings is 1. The van der Waals surface area contributed by atoms with Crippen LogP contribution in [0.1, 0.15) is 0 Å². The summed E-state index contributed by atoms with van der Waals surface area (Å²) < 4.78 is 2.13. The molecule has 0 saturated carbocycles. The van der Waals surface area contributed by atoms with Crippen molar-refractivity contribution in [2.45, 2.75) is 0 Å². The van der Waals surface area contributed by atoms with E-state index >= 15 is 0 Å². The molecule has 12 rings (SSSR count). The highest BCUT2D eigenvalue weighted by atomic mass is 15.0. The number of hydrogen-bond donors (Lipinski definition) is 0. The molecule has 0 N–H and O–H groups in total. The molecule has 274 valence electrons. The second kappa shape index (κ2) is 13.4. The highest BCUT2D eigenvalue weighted by Gasteiger charge is 2.22. The minimum Gasteiger partial charge on any atom is -0.306 e. The van der Waals surface area contributed by atoms with Crippen molar-refractivity contribution >= 4 is 59.5 Å². The van der Waals surface area contributed by atoms with Crippen LogP contribution in [0.4, 0.5) is 0 Å². The average Bonchev–Trinajstić information content (AvgIpc) is 3.74. The Morgan fingerprint density at radius 3 is 1.25 bits per heavy atom. The number of aromatic nitrogens is 2. The summed E-state index contributed by atoms with van der Waals surface area (Å²) in [4.78, 5) is 5.02. The fourth-order valence-corrected chi connectivity index (χ4v) is 9.50. The van der Waals surface area contributed by atoms with Gasteiger partial charge in [0, 0.05) is 18.0 Å². The Morgan fingerprint density at radius 2 is 0.695 bits per heavy atom. The first-order chi connectivity index (χ1) is 29.3. The first-order valence-corrected chi connectivity index (χ1v) is 20.3. The van der Waals surface area contributed by atoms with E-state index < -0.39 is 0 Å². The zero-order valence-electron chi connectivity index (χ0n) is 32.2. The second-order valence-corrected chi connectivity index (χ2v) is 15.5. The Balaban J connectivity index is 1.05. The molecule has 0 aliphatic heterocycles. The highest BCUT2D eigenvalue weighted by Crippen LogP contribution is 2.50. The zero-order valence-corrected chi connectivity index (χ0v) is 32.2. The SMILES string of the molecule is c1ccc(-c2ccc3nc(-c4ccc(-c5c6ccccc6c(-c6c7ccccc7c(-c7ccc8ccccc8c7)c7ccccc67)c6ccccc56)cc4)cn3c2)cc1. The van der Waals surface area contributed by atoms with Crippen LogP contribution in [0.15, 0.2) is 219 Å². The van der Waals surface area contributed by atoms with Crippen molar-refractivity contribution in [2.75, 3.05) is 0 Å². The maximum absolute atomic E-state index is 5.02. The Bertz CT molecular complexity index is 3480. The van der Waals surface area contributed by atoms with Crippen LogP contribution >= 0.6 is 0 Å². The molecule has 59 heavy (non-hydrogen) atoms. The van der Waals surface area contributed by atoms with E-state index in [1.54, 1.807) is 0 Å². The van der Waals surface area contributed by atoms with E-state index in [-0.39, 0.29) is 0 Å². The largest absolute Gasteiger partial charge is 0.306 e. The molecule has 0 aliphatic carbocycles. The summed E-state index contributed by atoms with van der Waals surface area (Å²) in [6, 6.07) is 75.2. The summed E-state index contributed by atoms with van der Waals surface area (Å²) in [7, 11) is 0. The van der Waals surface area contributed by atoms with Gasteiger partial charge in [-0.05, 0) is 117 Å². The van der Waals surface area contributed by atoms with Gasteiger partial charge in [-0.25, -0.2) is 4.98 Å². The maximum atomic E-state index is 5.02. The molecule has 0 amide bonds. The minimum absolute atomic E-state index is 0.932. The third-order valence-electron chi connectivity index (χ3n) is 12.2. The number of nitrogens with zero attached hydrogens (tertiary/aromatic N) is 2. The van der Waals surface area contributed by atoms with Gasteiger partial charge in [0.2, 0.25) is 0 Å². The molecule has 0 radical (unpaired) electrons. The van der Waals surface area contributed by atoms with Crippen LogP contribution in [-0.4, -0.2) is 9.38 Å². The third kappa shape index (κ3) is 5.38. The van der Waals surface area contributed by atoms with Gasteiger partial charge in [0.15, 0.2) is 0 Å². The molecule has 2 nitrogen and oxygen atoms in total. The fourth-order valence-electron chi connectivity index (χ4n) is 9.50. The van der Waals surface area contributed by atoms with E-state index in [1.165, 1.54) is 98.4 Å². The Morgan fingerprint density at radius 1 is 0.271 bits per heavy atom. The Kier molecular flexibility index (Phi) is 7.57. The summed E-state index contributed by atoms with van der Waals surface area (Å²) in [5, 5.41) is 12.5. The summed E-state index contributed by atoms with van der Waals surface area (Å²) >= 11 is 0. The van der Waals surface area contributed by atoms with Crippen LogP contribution < -0.4 is 0 Å². The van der Waals surface area contributed by atoms with E-state index in [1.807, 2.05) is 0 Å². The van der Waals surface area contributed by atoms with Crippen molar-refractivity contribution in [2.24, 2.45) is 0 Å². The lowest BCUT2D eigenvalue weighted by atomic mass is 9.81.